The van der Waals surface area contributed by atoms with Crippen LogP contribution in [0.15, 0.2) is 6.33 Å². The van der Waals surface area contributed by atoms with Crippen LogP contribution in [0.3, 0.4) is 0 Å². The Balaban J connectivity index is 2.39. The lowest BCUT2D eigenvalue weighted by molar-refractivity contribution is 0.596. The van der Waals surface area contributed by atoms with Crippen LogP contribution in [0.1, 0.15) is 43.1 Å². The fourth-order valence-corrected chi connectivity index (χ4v) is 1.91. The third kappa shape index (κ3) is 1.64. The van der Waals surface area contributed by atoms with Crippen molar-refractivity contribution in [2.75, 3.05) is 6.54 Å². The second-order valence-corrected chi connectivity index (χ2v) is 3.92. The summed E-state index contributed by atoms with van der Waals surface area (Å²) < 4.78 is 0. The van der Waals surface area contributed by atoms with E-state index in [0.717, 1.165) is 25.9 Å². The van der Waals surface area contributed by atoms with Crippen molar-refractivity contribution in [2.24, 2.45) is 0 Å². The van der Waals surface area contributed by atoms with E-state index in [1.807, 2.05) is 0 Å². The quantitative estimate of drug-likeness (QED) is 0.772. The van der Waals surface area contributed by atoms with E-state index >= 15 is 0 Å². The molecule has 0 radical (unpaired) electrons. The lowest BCUT2D eigenvalue weighted by atomic mass is 9.96. The Morgan fingerprint density at radius 1 is 1.50 bits per heavy atom. The molecule has 1 aromatic heterocycles. The lowest BCUT2D eigenvalue weighted by Gasteiger charge is -2.20. The zero-order chi connectivity index (χ0) is 9.97. The van der Waals surface area contributed by atoms with Crippen molar-refractivity contribution >= 4 is 0 Å². The summed E-state index contributed by atoms with van der Waals surface area (Å²) in [6.45, 7) is 6.42. The number of aromatic nitrogens is 2. The number of hydrogen-bond acceptors (Lipinski definition) is 3. The van der Waals surface area contributed by atoms with E-state index in [4.69, 9.17) is 0 Å². The molecule has 3 heteroatoms. The Labute approximate surface area is 85.0 Å². The zero-order valence-corrected chi connectivity index (χ0v) is 8.88. The molecule has 1 unspecified atom stereocenters. The molecule has 1 atom stereocenters. The molecule has 1 aliphatic heterocycles. The minimum atomic E-state index is 0.548. The maximum atomic E-state index is 4.41. The summed E-state index contributed by atoms with van der Waals surface area (Å²) in [4.78, 5) is 8.76. The Morgan fingerprint density at radius 2 is 2.36 bits per heavy atom. The fraction of sp³-hybridized carbons (Fsp3) is 0.636. The predicted molar refractivity (Wildman–Crippen MR) is 56.1 cm³/mol. The average Bonchev–Trinajstić information content (AvgIpc) is 2.27. The molecule has 0 saturated carbocycles. The van der Waals surface area contributed by atoms with Crippen LogP contribution >= 0.6 is 0 Å². The standard InChI is InChI=1S/C11H17N3/c1-3-8(2)11-9-6-12-5-4-10(9)13-7-14-11/h7-8,12H,3-6H2,1-2H3. The number of nitrogens with zero attached hydrogens (tertiary/aromatic N) is 2. The second-order valence-electron chi connectivity index (χ2n) is 3.92. The SMILES string of the molecule is CCC(C)c1ncnc2c1CNCC2. The summed E-state index contributed by atoms with van der Waals surface area (Å²) >= 11 is 0. The van der Waals surface area contributed by atoms with Crippen molar-refractivity contribution in [3.05, 3.63) is 23.3 Å². The zero-order valence-electron chi connectivity index (χ0n) is 8.88. The van der Waals surface area contributed by atoms with Crippen molar-refractivity contribution in [1.29, 1.82) is 0 Å². The van der Waals surface area contributed by atoms with Gasteiger partial charge in [-0.05, 0) is 12.3 Å². The number of nitrogens with one attached hydrogen (secondary N) is 1. The van der Waals surface area contributed by atoms with E-state index < -0.39 is 0 Å². The third-order valence-corrected chi connectivity index (χ3v) is 2.99. The topological polar surface area (TPSA) is 37.8 Å². The highest BCUT2D eigenvalue weighted by Crippen LogP contribution is 2.23. The van der Waals surface area contributed by atoms with E-state index in [-0.39, 0.29) is 0 Å². The van der Waals surface area contributed by atoms with Gasteiger partial charge in [0.1, 0.15) is 6.33 Å². The molecule has 0 aromatic carbocycles. The van der Waals surface area contributed by atoms with Gasteiger partial charge in [-0.2, -0.15) is 0 Å². The van der Waals surface area contributed by atoms with Crippen molar-refractivity contribution in [2.45, 2.75) is 39.2 Å². The van der Waals surface area contributed by atoms with Crippen molar-refractivity contribution < 1.29 is 0 Å². The first-order valence-corrected chi connectivity index (χ1v) is 5.36. The summed E-state index contributed by atoms with van der Waals surface area (Å²) in [5.74, 6) is 0.548. The molecule has 1 aliphatic rings. The molecular weight excluding hydrogens is 174 g/mol. The van der Waals surface area contributed by atoms with Crippen LogP contribution in [0.4, 0.5) is 0 Å². The van der Waals surface area contributed by atoms with Gasteiger partial charge in [0.2, 0.25) is 0 Å². The third-order valence-electron chi connectivity index (χ3n) is 2.99. The molecule has 0 bridgehead atoms. The summed E-state index contributed by atoms with van der Waals surface area (Å²) in [6.07, 6.45) is 3.90. The Morgan fingerprint density at radius 3 is 3.14 bits per heavy atom. The minimum Gasteiger partial charge on any atom is -0.312 e. The van der Waals surface area contributed by atoms with E-state index in [0.29, 0.717) is 5.92 Å². The molecule has 2 rings (SSSR count). The van der Waals surface area contributed by atoms with Gasteiger partial charge in [-0.15, -0.1) is 0 Å². The Hall–Kier alpha value is -0.960. The average molecular weight is 191 g/mol. The van der Waals surface area contributed by atoms with Crippen LogP contribution in [0.2, 0.25) is 0 Å². The van der Waals surface area contributed by atoms with Crippen LogP contribution < -0.4 is 5.32 Å². The molecule has 0 spiro atoms. The number of hydrogen-bond donors (Lipinski definition) is 1. The largest absolute Gasteiger partial charge is 0.312 e. The molecule has 14 heavy (non-hydrogen) atoms. The van der Waals surface area contributed by atoms with Gasteiger partial charge < -0.3 is 5.32 Å². The van der Waals surface area contributed by atoms with Crippen LogP contribution in [-0.4, -0.2) is 16.5 Å². The molecule has 1 N–H and O–H groups in total. The van der Waals surface area contributed by atoms with Gasteiger partial charge in [-0.1, -0.05) is 13.8 Å². The van der Waals surface area contributed by atoms with Gasteiger partial charge >= 0.3 is 0 Å². The first-order chi connectivity index (χ1) is 6.83. The maximum Gasteiger partial charge on any atom is 0.115 e. The minimum absolute atomic E-state index is 0.548. The van der Waals surface area contributed by atoms with Gasteiger partial charge in [0, 0.05) is 30.8 Å². The molecule has 0 amide bonds. The molecule has 3 nitrogen and oxygen atoms in total. The van der Waals surface area contributed by atoms with Crippen molar-refractivity contribution in [3.63, 3.8) is 0 Å². The van der Waals surface area contributed by atoms with Crippen molar-refractivity contribution in [1.82, 2.24) is 15.3 Å². The normalized spacial score (nSPS) is 17.6. The summed E-state index contributed by atoms with van der Waals surface area (Å²) in [5, 5.41) is 3.38. The molecule has 1 aromatic rings. The number of fused-ring (bicyclic) bond motifs is 1. The maximum absolute atomic E-state index is 4.41. The van der Waals surface area contributed by atoms with Gasteiger partial charge in [-0.25, -0.2) is 9.97 Å². The van der Waals surface area contributed by atoms with Crippen LogP contribution in [-0.2, 0) is 13.0 Å². The highest BCUT2D eigenvalue weighted by molar-refractivity contribution is 5.29. The molecular formula is C11H17N3. The summed E-state index contributed by atoms with van der Waals surface area (Å²) in [7, 11) is 0. The van der Waals surface area contributed by atoms with Gasteiger partial charge in [0.15, 0.2) is 0 Å². The van der Waals surface area contributed by atoms with Crippen LogP contribution in [0.5, 0.6) is 0 Å². The van der Waals surface area contributed by atoms with E-state index in [2.05, 4.69) is 29.1 Å². The van der Waals surface area contributed by atoms with Crippen LogP contribution in [0.25, 0.3) is 0 Å². The predicted octanol–water partition coefficient (Wildman–Crippen LogP) is 1.64. The van der Waals surface area contributed by atoms with E-state index in [9.17, 15) is 0 Å². The van der Waals surface area contributed by atoms with Gasteiger partial charge in [0.25, 0.3) is 0 Å². The number of rotatable bonds is 2. The first kappa shape index (κ1) is 9.59. The first-order valence-electron chi connectivity index (χ1n) is 5.36. The van der Waals surface area contributed by atoms with E-state index in [1.54, 1.807) is 6.33 Å². The summed E-state index contributed by atoms with van der Waals surface area (Å²) in [6, 6.07) is 0. The van der Waals surface area contributed by atoms with E-state index in [1.165, 1.54) is 17.0 Å². The van der Waals surface area contributed by atoms with Crippen LogP contribution in [0, 0.1) is 0 Å². The Bertz CT molecular complexity index is 322. The summed E-state index contributed by atoms with van der Waals surface area (Å²) in [5.41, 5.74) is 3.83. The Kier molecular flexibility index (Phi) is 2.77. The molecule has 2 heterocycles. The van der Waals surface area contributed by atoms with Gasteiger partial charge in [-0.3, -0.25) is 0 Å². The highest BCUT2D eigenvalue weighted by atomic mass is 14.9. The molecule has 76 valence electrons. The highest BCUT2D eigenvalue weighted by Gasteiger charge is 2.17. The monoisotopic (exact) mass is 191 g/mol. The molecule has 0 saturated heterocycles. The van der Waals surface area contributed by atoms with Gasteiger partial charge in [0.05, 0.1) is 5.69 Å². The lowest BCUT2D eigenvalue weighted by Crippen LogP contribution is -2.26. The smallest absolute Gasteiger partial charge is 0.115 e. The fourth-order valence-electron chi connectivity index (χ4n) is 1.91. The van der Waals surface area contributed by atoms with Crippen molar-refractivity contribution in [3.8, 4) is 0 Å². The second kappa shape index (κ2) is 4.05. The molecule has 0 fully saturated rings. The molecule has 0 aliphatic carbocycles.